The number of hydrogen-bond donors (Lipinski definition) is 12. The highest BCUT2D eigenvalue weighted by Crippen LogP contribution is 2.23. The molecule has 16 N–H and O–H groups in total. The van der Waals surface area contributed by atoms with Crippen molar-refractivity contribution in [2.75, 3.05) is 44.7 Å². The fourth-order valence-electron chi connectivity index (χ4n) is 8.52. The SMILES string of the molecule is CSCC[C@H](NC(=O)[C@@H](N)CC(C)C)C(=O)N[C@@H](CCC(=O)O)C(=O)N[C@@H](CCCCN)C(=O)N1CCC[C@H]1C(=O)N[C@@H](CC(C)C)C(=O)N[C@@H](CCCN=C(N)N)C(=O)N1CCC[C@H]1C(=O)NCC(=O)O. The molecule has 0 aromatic heterocycles. The molecule has 2 fully saturated rings. The molecule has 2 saturated heterocycles. The molecule has 26 heteroatoms. The molecule has 0 bridgehead atoms. The number of amides is 8. The Morgan fingerprint density at radius 1 is 0.625 bits per heavy atom. The van der Waals surface area contributed by atoms with Gasteiger partial charge < -0.3 is 74.8 Å². The maximum atomic E-state index is 14.5. The quantitative estimate of drug-likeness (QED) is 0.0189. The van der Waals surface area contributed by atoms with Crippen LogP contribution in [-0.2, 0) is 47.9 Å². The summed E-state index contributed by atoms with van der Waals surface area (Å²) < 4.78 is 0. The first-order valence-corrected chi connectivity index (χ1v) is 26.2. The van der Waals surface area contributed by atoms with Gasteiger partial charge in [-0.2, -0.15) is 11.8 Å². The van der Waals surface area contributed by atoms with Crippen LogP contribution in [0.25, 0.3) is 0 Å². The number of guanidine groups is 1. The van der Waals surface area contributed by atoms with Crippen molar-refractivity contribution in [2.24, 2.45) is 39.8 Å². The van der Waals surface area contributed by atoms with Gasteiger partial charge in [-0.05, 0) is 114 Å². The smallest absolute Gasteiger partial charge is 0.322 e. The third-order valence-corrected chi connectivity index (χ3v) is 12.8. The molecule has 0 aromatic rings. The summed E-state index contributed by atoms with van der Waals surface area (Å²) in [6, 6.07) is -9.18. The predicted molar refractivity (Wildman–Crippen MR) is 269 cm³/mol. The molecule has 25 nitrogen and oxygen atoms in total. The van der Waals surface area contributed by atoms with E-state index >= 15 is 0 Å². The maximum absolute atomic E-state index is 14.5. The summed E-state index contributed by atoms with van der Waals surface area (Å²) in [7, 11) is 0. The molecule has 0 saturated carbocycles. The predicted octanol–water partition coefficient (Wildman–Crippen LogP) is -2.19. The van der Waals surface area contributed by atoms with Crippen LogP contribution in [0.15, 0.2) is 4.99 Å². The molecule has 2 rings (SSSR count). The normalized spacial score (nSPS) is 18.0. The lowest BCUT2D eigenvalue weighted by Crippen LogP contribution is -2.60. The molecule has 8 amide bonds. The second-order valence-electron chi connectivity index (χ2n) is 19.1. The van der Waals surface area contributed by atoms with Crippen LogP contribution in [0, 0.1) is 11.8 Å². The van der Waals surface area contributed by atoms with E-state index in [9.17, 15) is 53.1 Å². The van der Waals surface area contributed by atoms with Crippen LogP contribution < -0.4 is 54.8 Å². The zero-order valence-corrected chi connectivity index (χ0v) is 43.3. The van der Waals surface area contributed by atoms with Gasteiger partial charge in [0.2, 0.25) is 47.3 Å². The van der Waals surface area contributed by atoms with Crippen molar-refractivity contribution in [3.63, 3.8) is 0 Å². The summed E-state index contributed by atoms with van der Waals surface area (Å²) >= 11 is 1.42. The Hall–Kier alpha value is -5.76. The second kappa shape index (κ2) is 32.3. The number of carboxylic acids is 2. The van der Waals surface area contributed by atoms with Gasteiger partial charge in [0.15, 0.2) is 5.96 Å². The molecule has 408 valence electrons. The van der Waals surface area contributed by atoms with Crippen molar-refractivity contribution in [1.29, 1.82) is 0 Å². The minimum absolute atomic E-state index is 0.0367. The number of carbonyl (C=O) groups excluding carboxylic acids is 8. The van der Waals surface area contributed by atoms with Gasteiger partial charge in [-0.25, -0.2) is 0 Å². The van der Waals surface area contributed by atoms with Crippen molar-refractivity contribution in [2.45, 2.75) is 166 Å². The standard InChI is InChI=1S/C46H81N13O12S/c1-26(2)23-28(48)38(64)53-30(17-22-72-5)40(66)54-29(15-16-36(60)61)39(65)55-31(11-6-7-18-47)44(70)59-21-10-14-35(59)43(69)57-33(24-27(3)4)41(67)56-32(12-8-19-51-46(49)50)45(71)58-20-9-13-34(58)42(68)52-25-37(62)63/h26-35H,6-25,47-48H2,1-5H3,(H,52,68)(H,53,64)(H,54,66)(H,55,65)(H,56,67)(H,57,69)(H,60,61)(H,62,63)(H4,49,50,51)/t28-,29-,30-,31-,32-,33-,34-,35-/m0/s1. The maximum Gasteiger partial charge on any atom is 0.322 e. The summed E-state index contributed by atoms with van der Waals surface area (Å²) in [6.45, 7) is 7.45. The largest absolute Gasteiger partial charge is 0.481 e. The number of nitrogens with zero attached hydrogens (tertiary/aromatic N) is 3. The minimum atomic E-state index is -1.45. The van der Waals surface area contributed by atoms with Crippen LogP contribution in [0.2, 0.25) is 0 Å². The van der Waals surface area contributed by atoms with Crippen LogP contribution in [0.3, 0.4) is 0 Å². The lowest BCUT2D eigenvalue weighted by molar-refractivity contribution is -0.144. The lowest BCUT2D eigenvalue weighted by atomic mass is 10.0. The van der Waals surface area contributed by atoms with Crippen LogP contribution >= 0.6 is 11.8 Å². The van der Waals surface area contributed by atoms with Crippen LogP contribution in [0.5, 0.6) is 0 Å². The van der Waals surface area contributed by atoms with E-state index in [2.05, 4.69) is 36.9 Å². The molecule has 0 unspecified atom stereocenters. The Kier molecular flexibility index (Phi) is 28.0. The van der Waals surface area contributed by atoms with Gasteiger partial charge in [0, 0.05) is 26.1 Å². The highest BCUT2D eigenvalue weighted by Gasteiger charge is 2.42. The van der Waals surface area contributed by atoms with E-state index < -0.39 is 120 Å². The van der Waals surface area contributed by atoms with E-state index in [4.69, 9.17) is 28.0 Å². The highest BCUT2D eigenvalue weighted by molar-refractivity contribution is 7.98. The first kappa shape index (κ1) is 62.4. The summed E-state index contributed by atoms with van der Waals surface area (Å²) in [5, 5.41) is 34.4. The number of unbranched alkanes of at least 4 members (excludes halogenated alkanes) is 1. The van der Waals surface area contributed by atoms with Crippen molar-refractivity contribution >= 4 is 76.9 Å². The lowest BCUT2D eigenvalue weighted by Gasteiger charge is -2.32. The van der Waals surface area contributed by atoms with Crippen LogP contribution in [-0.4, -0.2) is 178 Å². The van der Waals surface area contributed by atoms with Gasteiger partial charge in [0.25, 0.3) is 0 Å². The molecule has 0 radical (unpaired) electrons. The Bertz CT molecular complexity index is 1890. The summed E-state index contributed by atoms with van der Waals surface area (Å²) in [5.74, 6) is -7.73. The molecule has 2 aliphatic heterocycles. The van der Waals surface area contributed by atoms with Crippen LogP contribution in [0.4, 0.5) is 0 Å². The molecule has 2 heterocycles. The van der Waals surface area contributed by atoms with Gasteiger partial charge in [0.05, 0.1) is 6.04 Å². The summed E-state index contributed by atoms with van der Waals surface area (Å²) in [5.41, 5.74) is 22.8. The fraction of sp³-hybridized carbons (Fsp3) is 0.761. The molecule has 8 atom stereocenters. The average molecular weight is 1040 g/mol. The third-order valence-electron chi connectivity index (χ3n) is 12.1. The first-order chi connectivity index (χ1) is 34.0. The molecular formula is C46H81N13O12S. The number of carbonyl (C=O) groups is 10. The number of hydrogen-bond acceptors (Lipinski definition) is 14. The van der Waals surface area contributed by atoms with E-state index in [1.54, 1.807) is 0 Å². The average Bonchev–Trinajstić information content (AvgIpc) is 4.02. The number of carboxylic acid groups (broad SMARTS) is 2. The molecule has 72 heavy (non-hydrogen) atoms. The van der Waals surface area contributed by atoms with E-state index in [0.29, 0.717) is 37.9 Å². The Balaban J connectivity index is 2.39. The van der Waals surface area contributed by atoms with E-state index in [1.165, 1.54) is 21.6 Å². The Morgan fingerprint density at radius 3 is 1.62 bits per heavy atom. The molecular weight excluding hydrogens is 959 g/mol. The number of nitrogens with two attached hydrogens (primary N) is 4. The van der Waals surface area contributed by atoms with E-state index in [0.717, 1.165) is 0 Å². The number of nitrogens with one attached hydrogen (secondary N) is 6. The Labute approximate surface area is 426 Å². The minimum Gasteiger partial charge on any atom is -0.481 e. The molecule has 0 spiro atoms. The number of rotatable bonds is 33. The van der Waals surface area contributed by atoms with Gasteiger partial charge in [-0.1, -0.05) is 27.7 Å². The highest BCUT2D eigenvalue weighted by atomic mass is 32.2. The number of likely N-dealkylation sites (tertiary alicyclic amines) is 2. The summed E-state index contributed by atoms with van der Waals surface area (Å²) in [6.07, 6.45) is 4.06. The fourth-order valence-corrected chi connectivity index (χ4v) is 8.99. The van der Waals surface area contributed by atoms with Crippen molar-refractivity contribution in [3.8, 4) is 0 Å². The van der Waals surface area contributed by atoms with Gasteiger partial charge >= 0.3 is 11.9 Å². The zero-order valence-electron chi connectivity index (χ0n) is 42.5. The second-order valence-corrected chi connectivity index (χ2v) is 20.1. The first-order valence-electron chi connectivity index (χ1n) is 24.8. The zero-order chi connectivity index (χ0) is 54.1. The number of aliphatic imine (C=N–C) groups is 1. The van der Waals surface area contributed by atoms with Gasteiger partial charge in [-0.15, -0.1) is 0 Å². The van der Waals surface area contributed by atoms with Gasteiger partial charge in [-0.3, -0.25) is 52.9 Å². The topological polar surface area (TPSA) is 406 Å². The Morgan fingerprint density at radius 2 is 1.12 bits per heavy atom. The third kappa shape index (κ3) is 21.9. The van der Waals surface area contributed by atoms with Crippen molar-refractivity contribution in [1.82, 2.24) is 41.7 Å². The molecule has 0 aliphatic carbocycles. The summed E-state index contributed by atoms with van der Waals surface area (Å²) in [4.78, 5) is 140. The van der Waals surface area contributed by atoms with Crippen LogP contribution in [0.1, 0.15) is 118 Å². The van der Waals surface area contributed by atoms with Crippen molar-refractivity contribution < 1.29 is 58.2 Å². The monoisotopic (exact) mass is 1040 g/mol. The van der Waals surface area contributed by atoms with Crippen molar-refractivity contribution in [3.05, 3.63) is 0 Å². The van der Waals surface area contributed by atoms with Gasteiger partial charge in [0.1, 0.15) is 48.8 Å². The van der Waals surface area contributed by atoms with E-state index in [-0.39, 0.29) is 95.3 Å². The van der Waals surface area contributed by atoms with E-state index in [1.807, 2.05) is 34.0 Å². The molecule has 0 aromatic carbocycles. The molecule has 2 aliphatic rings. The number of thioether (sulfide) groups is 1. The number of aliphatic carboxylic acids is 2.